The van der Waals surface area contributed by atoms with Gasteiger partial charge in [0.2, 0.25) is 0 Å². The molecule has 8 heteroatoms. The van der Waals surface area contributed by atoms with Crippen molar-refractivity contribution < 1.29 is 9.13 Å². The number of amidine groups is 1. The quantitative estimate of drug-likeness (QED) is 0.324. The molecule has 0 aromatic heterocycles. The minimum Gasteiger partial charge on any atom is -0.487 e. The molecular formula is C19H20ClFIN3OS. The fourth-order valence-electron chi connectivity index (χ4n) is 2.77. The highest BCUT2D eigenvalue weighted by Gasteiger charge is 2.29. The Hall–Kier alpha value is -1.32. The fourth-order valence-corrected chi connectivity index (χ4v) is 3.32. The molecule has 0 spiro atoms. The first-order valence-corrected chi connectivity index (χ1v) is 9.75. The molecule has 0 saturated heterocycles. The van der Waals surface area contributed by atoms with E-state index in [2.05, 4.69) is 5.10 Å². The van der Waals surface area contributed by atoms with E-state index in [1.807, 2.05) is 43.5 Å². The number of rotatable bonds is 4. The summed E-state index contributed by atoms with van der Waals surface area (Å²) in [4.78, 5) is 0. The van der Waals surface area contributed by atoms with Gasteiger partial charge >= 0.3 is 0 Å². The molecule has 0 radical (unpaired) electrons. The van der Waals surface area contributed by atoms with Gasteiger partial charge < -0.3 is 4.74 Å². The van der Waals surface area contributed by atoms with E-state index in [9.17, 15) is 4.39 Å². The van der Waals surface area contributed by atoms with Gasteiger partial charge in [-0.1, -0.05) is 60.6 Å². The molecule has 1 atom stereocenters. The Morgan fingerprint density at radius 2 is 2.04 bits per heavy atom. The summed E-state index contributed by atoms with van der Waals surface area (Å²) in [7, 11) is 0. The van der Waals surface area contributed by atoms with Crippen molar-refractivity contribution in [3.63, 3.8) is 0 Å². The molecule has 27 heavy (non-hydrogen) atoms. The zero-order valence-corrected chi connectivity index (χ0v) is 18.8. The molecule has 1 aliphatic rings. The van der Waals surface area contributed by atoms with Crippen LogP contribution < -0.4 is 4.74 Å². The Balaban J connectivity index is 0.00000261. The van der Waals surface area contributed by atoms with E-state index >= 15 is 0 Å². The maximum atomic E-state index is 14.0. The molecule has 3 rings (SSSR count). The molecule has 0 amide bonds. The lowest BCUT2D eigenvalue weighted by molar-refractivity contribution is 0.304. The minimum absolute atomic E-state index is 0. The summed E-state index contributed by atoms with van der Waals surface area (Å²) in [6.45, 7) is 2.90. The Bertz CT molecular complexity index is 850. The van der Waals surface area contributed by atoms with Crippen LogP contribution in [0.3, 0.4) is 0 Å². The van der Waals surface area contributed by atoms with Gasteiger partial charge in [-0.15, -0.1) is 24.0 Å². The summed E-state index contributed by atoms with van der Waals surface area (Å²) in [5, 5.41) is 14.5. The van der Waals surface area contributed by atoms with E-state index in [4.69, 9.17) is 21.7 Å². The van der Waals surface area contributed by atoms with Crippen LogP contribution in [-0.4, -0.2) is 28.7 Å². The van der Waals surface area contributed by atoms with E-state index < -0.39 is 5.82 Å². The van der Waals surface area contributed by atoms with Crippen molar-refractivity contribution in [1.82, 2.24) is 5.01 Å². The van der Waals surface area contributed by atoms with Crippen molar-refractivity contribution in [2.24, 2.45) is 11.0 Å². The third-order valence-electron chi connectivity index (χ3n) is 4.12. The zero-order chi connectivity index (χ0) is 18.7. The molecule has 0 bridgehead atoms. The first kappa shape index (κ1) is 22.0. The third kappa shape index (κ3) is 4.94. The molecule has 1 N–H and O–H groups in total. The number of halogens is 3. The average Bonchev–Trinajstić information content (AvgIpc) is 3.04. The van der Waals surface area contributed by atoms with Crippen molar-refractivity contribution >= 4 is 58.2 Å². The smallest absolute Gasteiger partial charge is 0.176 e. The fraction of sp³-hybridized carbons (Fsp3) is 0.263. The molecule has 0 fully saturated rings. The lowest BCUT2D eigenvalue weighted by atomic mass is 9.98. The standard InChI is InChI=1S/C19H19ClFN3OS.HI/c1-12-10-24(19(22)26-2)23-17(12)14-8-9-15(21)16(20)18(14)25-11-13-6-4-3-5-7-13;/h3-9,12,22H,10-11H2,1-2H3;1H. The van der Waals surface area contributed by atoms with Crippen molar-refractivity contribution in [2.45, 2.75) is 13.5 Å². The zero-order valence-electron chi connectivity index (χ0n) is 14.9. The minimum atomic E-state index is -0.529. The molecule has 1 heterocycles. The van der Waals surface area contributed by atoms with Crippen LogP contribution >= 0.6 is 47.3 Å². The number of thioether (sulfide) groups is 1. The van der Waals surface area contributed by atoms with Gasteiger partial charge in [0.1, 0.15) is 17.4 Å². The summed E-state index contributed by atoms with van der Waals surface area (Å²) in [6.07, 6.45) is 1.84. The molecule has 0 saturated carbocycles. The lowest BCUT2D eigenvalue weighted by Gasteiger charge is -2.15. The van der Waals surface area contributed by atoms with Crippen LogP contribution in [0.1, 0.15) is 18.1 Å². The molecule has 0 aliphatic carbocycles. The van der Waals surface area contributed by atoms with Crippen molar-refractivity contribution in [3.05, 3.63) is 64.4 Å². The van der Waals surface area contributed by atoms with Gasteiger partial charge in [-0.2, -0.15) is 5.10 Å². The molecule has 4 nitrogen and oxygen atoms in total. The second-order valence-corrected chi connectivity index (χ2v) is 7.16. The summed E-state index contributed by atoms with van der Waals surface area (Å²) < 4.78 is 19.9. The summed E-state index contributed by atoms with van der Waals surface area (Å²) in [5.41, 5.74) is 2.37. The van der Waals surface area contributed by atoms with Crippen LogP contribution in [0, 0.1) is 17.1 Å². The molecule has 144 valence electrons. The van der Waals surface area contributed by atoms with Gasteiger partial charge in [-0.25, -0.2) is 9.40 Å². The average molecular weight is 520 g/mol. The second kappa shape index (κ2) is 9.75. The number of nitrogens with one attached hydrogen (secondary N) is 1. The Morgan fingerprint density at radius 3 is 2.70 bits per heavy atom. The van der Waals surface area contributed by atoms with Gasteiger partial charge in [-0.05, 0) is 24.0 Å². The SMILES string of the molecule is CSC(=N)N1CC(C)C(c2ccc(F)c(Cl)c2OCc2ccccc2)=N1.I. The highest BCUT2D eigenvalue weighted by molar-refractivity contribution is 14.0. The number of hydrazone groups is 1. The van der Waals surface area contributed by atoms with Gasteiger partial charge in [0, 0.05) is 11.5 Å². The van der Waals surface area contributed by atoms with Gasteiger partial charge in [0.25, 0.3) is 0 Å². The molecule has 1 aliphatic heterocycles. The molecule has 2 aromatic carbocycles. The largest absolute Gasteiger partial charge is 0.487 e. The van der Waals surface area contributed by atoms with Crippen LogP contribution in [0.2, 0.25) is 5.02 Å². The topological polar surface area (TPSA) is 48.7 Å². The van der Waals surface area contributed by atoms with E-state index in [-0.39, 0.29) is 41.5 Å². The number of ether oxygens (including phenoxy) is 1. The van der Waals surface area contributed by atoms with Gasteiger partial charge in [0.15, 0.2) is 10.9 Å². The third-order valence-corrected chi connectivity index (χ3v) is 5.07. The van der Waals surface area contributed by atoms with Crippen LogP contribution in [0.4, 0.5) is 4.39 Å². The van der Waals surface area contributed by atoms with Crippen LogP contribution in [0.5, 0.6) is 5.75 Å². The van der Waals surface area contributed by atoms with Crippen molar-refractivity contribution in [2.75, 3.05) is 12.8 Å². The number of hydrogen-bond acceptors (Lipinski definition) is 4. The van der Waals surface area contributed by atoms with Gasteiger partial charge in [-0.3, -0.25) is 5.41 Å². The monoisotopic (exact) mass is 519 g/mol. The summed E-state index contributed by atoms with van der Waals surface area (Å²) >= 11 is 7.53. The number of benzene rings is 2. The van der Waals surface area contributed by atoms with E-state index in [0.29, 0.717) is 23.0 Å². The maximum Gasteiger partial charge on any atom is 0.176 e. The molecular weight excluding hydrogens is 500 g/mol. The van der Waals surface area contributed by atoms with E-state index in [0.717, 1.165) is 11.3 Å². The first-order valence-electron chi connectivity index (χ1n) is 8.15. The van der Waals surface area contributed by atoms with Crippen LogP contribution in [-0.2, 0) is 6.61 Å². The Morgan fingerprint density at radius 1 is 1.33 bits per heavy atom. The number of hydrogen-bond donors (Lipinski definition) is 1. The predicted molar refractivity (Wildman–Crippen MR) is 121 cm³/mol. The molecule has 2 aromatic rings. The normalized spacial score (nSPS) is 15.9. The van der Waals surface area contributed by atoms with Crippen LogP contribution in [0.25, 0.3) is 0 Å². The predicted octanol–water partition coefficient (Wildman–Crippen LogP) is 5.63. The van der Waals surface area contributed by atoms with Gasteiger partial charge in [0.05, 0.1) is 12.3 Å². The first-order chi connectivity index (χ1) is 12.5. The lowest BCUT2D eigenvalue weighted by Crippen LogP contribution is -2.22. The van der Waals surface area contributed by atoms with E-state index in [1.165, 1.54) is 17.8 Å². The number of nitrogens with zero attached hydrogens (tertiary/aromatic N) is 2. The summed E-state index contributed by atoms with van der Waals surface area (Å²) in [5.74, 6) is -0.166. The van der Waals surface area contributed by atoms with Crippen molar-refractivity contribution in [3.8, 4) is 5.75 Å². The summed E-state index contributed by atoms with van der Waals surface area (Å²) in [6, 6.07) is 12.6. The van der Waals surface area contributed by atoms with Crippen LogP contribution in [0.15, 0.2) is 47.6 Å². The Labute approximate surface area is 184 Å². The second-order valence-electron chi connectivity index (χ2n) is 5.99. The highest BCUT2D eigenvalue weighted by atomic mass is 127. The highest BCUT2D eigenvalue weighted by Crippen LogP contribution is 2.35. The van der Waals surface area contributed by atoms with E-state index in [1.54, 1.807) is 11.1 Å². The Kier molecular flexibility index (Phi) is 7.93. The molecule has 1 unspecified atom stereocenters. The van der Waals surface area contributed by atoms with Crippen molar-refractivity contribution in [1.29, 1.82) is 5.41 Å². The maximum absolute atomic E-state index is 14.0.